The minimum absolute atomic E-state index is 0.306. The molecule has 1 heterocycles. The van der Waals surface area contributed by atoms with Crippen LogP contribution in [0.3, 0.4) is 0 Å². The van der Waals surface area contributed by atoms with E-state index in [1.54, 1.807) is 12.1 Å². The molecule has 1 aromatic carbocycles. The Bertz CT molecular complexity index is 605. The number of hydrogen-bond donors (Lipinski definition) is 1. The molecule has 0 unspecified atom stereocenters. The Morgan fingerprint density at radius 3 is 2.79 bits per heavy atom. The number of aryl methyl sites for hydroxylation is 2. The Labute approximate surface area is 123 Å². The molecule has 0 fully saturated rings. The second-order valence-corrected chi connectivity index (χ2v) is 5.97. The van der Waals surface area contributed by atoms with Crippen LogP contribution in [0.2, 0.25) is 0 Å². The monoisotopic (exact) mass is 341 g/mol. The number of hydrogen-bond acceptors (Lipinski definition) is 4. The van der Waals surface area contributed by atoms with Gasteiger partial charge < -0.3 is 9.63 Å². The summed E-state index contributed by atoms with van der Waals surface area (Å²) >= 11 is 4.82. The Hall–Kier alpha value is -1.27. The number of nitrogens with zero attached hydrogens (tertiary/aromatic N) is 1. The average molecular weight is 342 g/mol. The molecular formula is C13H12BrNO3S. The highest BCUT2D eigenvalue weighted by atomic mass is 79.9. The van der Waals surface area contributed by atoms with E-state index in [0.717, 1.165) is 26.4 Å². The van der Waals surface area contributed by atoms with Crippen molar-refractivity contribution in [1.29, 1.82) is 0 Å². The lowest BCUT2D eigenvalue weighted by molar-refractivity contribution is 0.0693. The first-order chi connectivity index (χ1) is 8.99. The Morgan fingerprint density at radius 2 is 2.21 bits per heavy atom. The van der Waals surface area contributed by atoms with E-state index in [-0.39, 0.29) is 0 Å². The molecule has 0 saturated heterocycles. The van der Waals surface area contributed by atoms with Gasteiger partial charge in [-0.25, -0.2) is 4.79 Å². The molecule has 2 rings (SSSR count). The van der Waals surface area contributed by atoms with Gasteiger partial charge in [0, 0.05) is 20.7 Å². The largest absolute Gasteiger partial charge is 0.478 e. The number of benzene rings is 1. The van der Waals surface area contributed by atoms with E-state index in [2.05, 4.69) is 21.1 Å². The number of thioether (sulfide) groups is 1. The van der Waals surface area contributed by atoms with Gasteiger partial charge in [-0.05, 0) is 32.0 Å². The van der Waals surface area contributed by atoms with Crippen molar-refractivity contribution in [3.8, 4) is 0 Å². The van der Waals surface area contributed by atoms with Crippen LogP contribution in [0.15, 0.2) is 32.1 Å². The molecule has 0 aliphatic carbocycles. The van der Waals surface area contributed by atoms with Crippen molar-refractivity contribution in [3.63, 3.8) is 0 Å². The smallest absolute Gasteiger partial charge is 0.336 e. The maximum Gasteiger partial charge on any atom is 0.336 e. The molecule has 0 amide bonds. The third-order valence-corrected chi connectivity index (χ3v) is 4.30. The Morgan fingerprint density at radius 1 is 1.47 bits per heavy atom. The van der Waals surface area contributed by atoms with Crippen LogP contribution in [0.1, 0.15) is 27.4 Å². The topological polar surface area (TPSA) is 63.3 Å². The highest BCUT2D eigenvalue weighted by Gasteiger charge is 2.14. The zero-order valence-corrected chi connectivity index (χ0v) is 12.8. The molecule has 0 bridgehead atoms. The minimum Gasteiger partial charge on any atom is -0.478 e. The normalized spacial score (nSPS) is 10.7. The van der Waals surface area contributed by atoms with Crippen molar-refractivity contribution >= 4 is 33.7 Å². The van der Waals surface area contributed by atoms with Gasteiger partial charge in [-0.15, -0.1) is 11.8 Å². The van der Waals surface area contributed by atoms with Crippen molar-refractivity contribution < 1.29 is 14.4 Å². The molecule has 2 aromatic rings. The molecule has 1 N–H and O–H groups in total. The third-order valence-electron chi connectivity index (χ3n) is 2.73. The van der Waals surface area contributed by atoms with Crippen LogP contribution in [0.4, 0.5) is 0 Å². The summed E-state index contributed by atoms with van der Waals surface area (Å²) in [7, 11) is 0. The number of carboxylic acids is 1. The molecular weight excluding hydrogens is 330 g/mol. The SMILES string of the molecule is Cc1noc(C)c1CSc1cc(Br)ccc1C(=O)O. The molecule has 0 aliphatic rings. The Kier molecular flexibility index (Phi) is 4.31. The van der Waals surface area contributed by atoms with Crippen LogP contribution in [-0.2, 0) is 5.75 Å². The predicted molar refractivity (Wildman–Crippen MR) is 76.6 cm³/mol. The highest BCUT2D eigenvalue weighted by molar-refractivity contribution is 9.10. The summed E-state index contributed by atoms with van der Waals surface area (Å²) in [4.78, 5) is 11.9. The first kappa shape index (κ1) is 14.1. The quantitative estimate of drug-likeness (QED) is 0.850. The lowest BCUT2D eigenvalue weighted by Crippen LogP contribution is -1.99. The maximum absolute atomic E-state index is 11.2. The molecule has 0 spiro atoms. The van der Waals surface area contributed by atoms with Crippen LogP contribution in [0.25, 0.3) is 0 Å². The van der Waals surface area contributed by atoms with Crippen LogP contribution in [-0.4, -0.2) is 16.2 Å². The summed E-state index contributed by atoms with van der Waals surface area (Å²) < 4.78 is 5.96. The molecule has 0 saturated carbocycles. The number of aromatic carboxylic acids is 1. The van der Waals surface area contributed by atoms with Crippen LogP contribution in [0.5, 0.6) is 0 Å². The summed E-state index contributed by atoms with van der Waals surface area (Å²) in [5, 5.41) is 13.1. The van der Waals surface area contributed by atoms with Gasteiger partial charge >= 0.3 is 5.97 Å². The third kappa shape index (κ3) is 3.19. The molecule has 6 heteroatoms. The van der Waals surface area contributed by atoms with Gasteiger partial charge in [-0.3, -0.25) is 0 Å². The number of carbonyl (C=O) groups is 1. The average Bonchev–Trinajstić information content (AvgIpc) is 2.66. The van der Waals surface area contributed by atoms with E-state index >= 15 is 0 Å². The number of rotatable bonds is 4. The van der Waals surface area contributed by atoms with Crippen LogP contribution < -0.4 is 0 Å². The predicted octanol–water partition coefficient (Wildman–Crippen LogP) is 4.04. The van der Waals surface area contributed by atoms with Crippen molar-refractivity contribution in [1.82, 2.24) is 5.16 Å². The second-order valence-electron chi connectivity index (χ2n) is 4.04. The van der Waals surface area contributed by atoms with Gasteiger partial charge in [0.1, 0.15) is 5.76 Å². The second kappa shape index (κ2) is 5.79. The standard InChI is InChI=1S/C13H12BrNO3S/c1-7-11(8(2)18-15-7)6-19-12-5-9(14)3-4-10(12)13(16)17/h3-5H,6H2,1-2H3,(H,16,17). The van der Waals surface area contributed by atoms with Crippen molar-refractivity contribution in [3.05, 3.63) is 45.3 Å². The molecule has 4 nitrogen and oxygen atoms in total. The molecule has 19 heavy (non-hydrogen) atoms. The minimum atomic E-state index is -0.922. The summed E-state index contributed by atoms with van der Waals surface area (Å²) in [5.74, 6) is 0.489. The maximum atomic E-state index is 11.2. The van der Waals surface area contributed by atoms with Crippen LogP contribution >= 0.6 is 27.7 Å². The van der Waals surface area contributed by atoms with Crippen molar-refractivity contribution in [2.24, 2.45) is 0 Å². The van der Waals surface area contributed by atoms with Gasteiger partial charge in [0.25, 0.3) is 0 Å². The number of halogens is 1. The van der Waals surface area contributed by atoms with Gasteiger partial charge in [0.2, 0.25) is 0 Å². The fourth-order valence-corrected chi connectivity index (χ4v) is 3.40. The van der Waals surface area contributed by atoms with E-state index in [4.69, 9.17) is 9.63 Å². The fourth-order valence-electron chi connectivity index (χ4n) is 1.65. The van der Waals surface area contributed by atoms with Crippen molar-refractivity contribution in [2.45, 2.75) is 24.5 Å². The summed E-state index contributed by atoms with van der Waals surface area (Å²) in [6.45, 7) is 3.74. The van der Waals surface area contributed by atoms with Crippen LogP contribution in [0, 0.1) is 13.8 Å². The zero-order valence-electron chi connectivity index (χ0n) is 10.4. The van der Waals surface area contributed by atoms with E-state index in [0.29, 0.717) is 11.3 Å². The van der Waals surface area contributed by atoms with E-state index in [1.807, 2.05) is 19.9 Å². The molecule has 0 aliphatic heterocycles. The van der Waals surface area contributed by atoms with E-state index in [9.17, 15) is 4.79 Å². The molecule has 100 valence electrons. The fraction of sp³-hybridized carbons (Fsp3) is 0.231. The number of carboxylic acid groups (broad SMARTS) is 1. The first-order valence-corrected chi connectivity index (χ1v) is 7.34. The lowest BCUT2D eigenvalue weighted by atomic mass is 10.2. The van der Waals surface area contributed by atoms with Crippen molar-refractivity contribution in [2.75, 3.05) is 0 Å². The van der Waals surface area contributed by atoms with Gasteiger partial charge in [-0.1, -0.05) is 21.1 Å². The van der Waals surface area contributed by atoms with Gasteiger partial charge in [0.05, 0.1) is 11.3 Å². The van der Waals surface area contributed by atoms with Gasteiger partial charge in [0.15, 0.2) is 0 Å². The highest BCUT2D eigenvalue weighted by Crippen LogP contribution is 2.31. The van der Waals surface area contributed by atoms with E-state index < -0.39 is 5.97 Å². The summed E-state index contributed by atoms with van der Waals surface area (Å²) in [5.41, 5.74) is 2.16. The van der Waals surface area contributed by atoms with E-state index in [1.165, 1.54) is 11.8 Å². The van der Waals surface area contributed by atoms with Gasteiger partial charge in [-0.2, -0.15) is 0 Å². The molecule has 0 atom stereocenters. The Balaban J connectivity index is 2.24. The first-order valence-electron chi connectivity index (χ1n) is 5.56. The molecule has 1 aromatic heterocycles. The summed E-state index contributed by atoms with van der Waals surface area (Å²) in [6, 6.07) is 5.14. The molecule has 0 radical (unpaired) electrons. The number of aromatic nitrogens is 1. The lowest BCUT2D eigenvalue weighted by Gasteiger charge is -2.06. The summed E-state index contributed by atoms with van der Waals surface area (Å²) in [6.07, 6.45) is 0. The zero-order chi connectivity index (χ0) is 14.0.